The second-order valence-electron chi connectivity index (χ2n) is 9.51. The van der Waals surface area contributed by atoms with Crippen LogP contribution in [0.25, 0.3) is 0 Å². The molecule has 2 aromatic rings. The first-order chi connectivity index (χ1) is 16.8. The average Bonchev–Trinajstić information content (AvgIpc) is 2.79. The molecule has 0 aliphatic carbocycles. The van der Waals surface area contributed by atoms with E-state index in [9.17, 15) is 22.5 Å². The summed E-state index contributed by atoms with van der Waals surface area (Å²) >= 11 is 12.1. The number of nitrogens with one attached hydrogen (secondary N) is 1. The van der Waals surface area contributed by atoms with Gasteiger partial charge in [0.1, 0.15) is 12.7 Å². The summed E-state index contributed by atoms with van der Waals surface area (Å²) in [7, 11) is -3.71. The lowest BCUT2D eigenvalue weighted by molar-refractivity contribution is -0.0862. The van der Waals surface area contributed by atoms with Crippen molar-refractivity contribution in [3.8, 4) is 11.8 Å². The summed E-state index contributed by atoms with van der Waals surface area (Å²) in [4.78, 5) is 1.62. The van der Waals surface area contributed by atoms with Crippen molar-refractivity contribution in [1.29, 1.82) is 5.26 Å². The highest BCUT2D eigenvalue weighted by molar-refractivity contribution is 7.88. The molecule has 0 radical (unpaired) electrons. The van der Waals surface area contributed by atoms with Crippen LogP contribution in [0.15, 0.2) is 36.4 Å². The van der Waals surface area contributed by atoms with E-state index < -0.39 is 33.9 Å². The van der Waals surface area contributed by atoms with E-state index in [1.165, 1.54) is 0 Å². The topological polar surface area (TPSA) is 82.4 Å². The maximum absolute atomic E-state index is 14.5. The van der Waals surface area contributed by atoms with E-state index in [1.807, 2.05) is 38.1 Å². The number of hydrogen-bond acceptors (Lipinski definition) is 5. The van der Waals surface area contributed by atoms with Crippen LogP contribution >= 0.6 is 23.2 Å². The van der Waals surface area contributed by atoms with Crippen LogP contribution in [0, 0.1) is 11.3 Å². The van der Waals surface area contributed by atoms with Crippen LogP contribution in [0.4, 0.5) is 8.78 Å². The number of piperidine rings is 1. The maximum Gasteiger partial charge on any atom is 0.276 e. The molecule has 0 spiro atoms. The second kappa shape index (κ2) is 11.2. The molecule has 196 valence electrons. The number of sulfonamides is 1. The third-order valence-electron chi connectivity index (χ3n) is 6.33. The van der Waals surface area contributed by atoms with E-state index in [2.05, 4.69) is 10.8 Å². The number of nitrogens with zero attached hydrogens (tertiary/aromatic N) is 2. The molecule has 3 rings (SSSR count). The quantitative estimate of drug-likeness (QED) is 0.441. The Kier molecular flexibility index (Phi) is 8.90. The van der Waals surface area contributed by atoms with Gasteiger partial charge in [0.25, 0.3) is 5.92 Å². The fourth-order valence-corrected chi connectivity index (χ4v) is 5.48. The minimum atomic E-state index is -3.71. The molecule has 11 heteroatoms. The Morgan fingerprint density at radius 2 is 1.92 bits per heavy atom. The van der Waals surface area contributed by atoms with Crippen LogP contribution in [-0.2, 0) is 22.0 Å². The molecule has 0 saturated carbocycles. The van der Waals surface area contributed by atoms with E-state index in [4.69, 9.17) is 27.9 Å². The largest absolute Gasteiger partial charge is 0.489 e. The Balaban J connectivity index is 1.74. The van der Waals surface area contributed by atoms with Gasteiger partial charge in [-0.15, -0.1) is 11.6 Å². The molecule has 0 amide bonds. The summed E-state index contributed by atoms with van der Waals surface area (Å²) < 4.78 is 59.4. The molecule has 1 heterocycles. The van der Waals surface area contributed by atoms with Gasteiger partial charge in [0.05, 0.1) is 35.3 Å². The Morgan fingerprint density at radius 1 is 1.25 bits per heavy atom. The zero-order valence-corrected chi connectivity index (χ0v) is 22.7. The summed E-state index contributed by atoms with van der Waals surface area (Å²) in [5.41, 5.74) is 2.47. The third-order valence-corrected chi connectivity index (χ3v) is 7.47. The minimum Gasteiger partial charge on any atom is -0.489 e. The summed E-state index contributed by atoms with van der Waals surface area (Å²) in [5, 5.41) is 9.92. The van der Waals surface area contributed by atoms with Gasteiger partial charge < -0.3 is 4.74 Å². The van der Waals surface area contributed by atoms with Gasteiger partial charge in [-0.2, -0.15) is 5.26 Å². The van der Waals surface area contributed by atoms with Crippen LogP contribution < -0.4 is 9.46 Å². The second-order valence-corrected chi connectivity index (χ2v) is 12.1. The Hall–Kier alpha value is -1.96. The predicted molar refractivity (Wildman–Crippen MR) is 138 cm³/mol. The van der Waals surface area contributed by atoms with Gasteiger partial charge in [-0.1, -0.05) is 49.7 Å². The molecule has 36 heavy (non-hydrogen) atoms. The summed E-state index contributed by atoms with van der Waals surface area (Å²) in [6.07, 6.45) is 0.912. The molecule has 2 aromatic carbocycles. The fourth-order valence-electron chi connectivity index (χ4n) is 4.33. The molecular formula is C25H29Cl2F2N3O3S. The molecule has 6 nitrogen and oxygen atoms in total. The van der Waals surface area contributed by atoms with Crippen molar-refractivity contribution >= 4 is 33.2 Å². The zero-order valence-electron chi connectivity index (χ0n) is 20.3. The minimum absolute atomic E-state index is 0.0256. The van der Waals surface area contributed by atoms with Crippen molar-refractivity contribution in [2.45, 2.75) is 44.2 Å². The van der Waals surface area contributed by atoms with E-state index in [0.717, 1.165) is 22.9 Å². The van der Waals surface area contributed by atoms with Gasteiger partial charge in [0.2, 0.25) is 10.0 Å². The molecule has 1 aliphatic heterocycles. The summed E-state index contributed by atoms with van der Waals surface area (Å²) in [6.45, 7) is 4.39. The highest BCUT2D eigenvalue weighted by atomic mass is 35.5. The zero-order chi connectivity index (χ0) is 26.7. The van der Waals surface area contributed by atoms with Gasteiger partial charge in [0.15, 0.2) is 5.75 Å². The van der Waals surface area contributed by atoms with Crippen molar-refractivity contribution in [2.24, 2.45) is 0 Å². The normalized spacial score (nSPS) is 18.6. The molecule has 1 atom stereocenters. The van der Waals surface area contributed by atoms with E-state index in [-0.39, 0.29) is 18.9 Å². The number of rotatable bonds is 9. The molecule has 1 N–H and O–H groups in total. The number of halogens is 4. The number of hydrogen-bond donors (Lipinski definition) is 1. The standard InChI is InChI=1S/C25H29Cl2F2N3O3S/c1-24(2,20-12-18(14-30)23(21(27)13-20)35-11-9-26)19-6-4-17(5-7-19)15-32-10-8-22(25(28,29)16-32)31-36(3,33)34/h4-7,12-13,22,31H,8-11,15-16H2,1-3H3. The first-order valence-corrected chi connectivity index (χ1v) is 14.2. The Labute approximate surface area is 221 Å². The van der Waals surface area contributed by atoms with Gasteiger partial charge in [0, 0.05) is 18.5 Å². The van der Waals surface area contributed by atoms with Crippen LogP contribution in [-0.4, -0.2) is 57.1 Å². The molecule has 1 unspecified atom stereocenters. The fraction of sp³-hybridized carbons (Fsp3) is 0.480. The number of likely N-dealkylation sites (tertiary alicyclic amines) is 1. The van der Waals surface area contributed by atoms with E-state index in [0.29, 0.717) is 29.4 Å². The number of benzene rings is 2. The van der Waals surface area contributed by atoms with Crippen LogP contribution in [0.3, 0.4) is 0 Å². The van der Waals surface area contributed by atoms with Crippen molar-refractivity contribution in [3.05, 3.63) is 63.7 Å². The number of ether oxygens (including phenoxy) is 1. The molecule has 0 aromatic heterocycles. The first-order valence-electron chi connectivity index (χ1n) is 11.4. The van der Waals surface area contributed by atoms with Crippen LogP contribution in [0.5, 0.6) is 5.75 Å². The Bertz CT molecular complexity index is 1230. The highest BCUT2D eigenvalue weighted by Crippen LogP contribution is 2.38. The summed E-state index contributed by atoms with van der Waals surface area (Å²) in [6, 6.07) is 11.9. The molecular weight excluding hydrogens is 531 g/mol. The molecule has 1 fully saturated rings. The molecule has 0 bridgehead atoms. The smallest absolute Gasteiger partial charge is 0.276 e. The van der Waals surface area contributed by atoms with E-state index in [1.54, 1.807) is 17.0 Å². The number of nitriles is 1. The lowest BCUT2D eigenvalue weighted by atomic mass is 9.77. The molecule has 1 aliphatic rings. The Morgan fingerprint density at radius 3 is 2.47 bits per heavy atom. The van der Waals surface area contributed by atoms with Crippen molar-refractivity contribution in [2.75, 3.05) is 31.8 Å². The van der Waals surface area contributed by atoms with Crippen molar-refractivity contribution in [1.82, 2.24) is 9.62 Å². The van der Waals surface area contributed by atoms with Crippen molar-refractivity contribution < 1.29 is 21.9 Å². The van der Waals surface area contributed by atoms with Gasteiger partial charge >= 0.3 is 0 Å². The monoisotopic (exact) mass is 559 g/mol. The van der Waals surface area contributed by atoms with Gasteiger partial charge in [-0.05, 0) is 35.2 Å². The maximum atomic E-state index is 14.5. The number of alkyl halides is 3. The van der Waals surface area contributed by atoms with Gasteiger partial charge in [-0.3, -0.25) is 4.90 Å². The first kappa shape index (κ1) is 28.6. The third kappa shape index (κ3) is 6.87. The summed E-state index contributed by atoms with van der Waals surface area (Å²) in [5.74, 6) is -2.59. The lowest BCUT2D eigenvalue weighted by Crippen LogP contribution is -2.57. The van der Waals surface area contributed by atoms with Crippen LogP contribution in [0.1, 0.15) is 42.5 Å². The predicted octanol–water partition coefficient (Wildman–Crippen LogP) is 4.91. The lowest BCUT2D eigenvalue weighted by Gasteiger charge is -2.38. The van der Waals surface area contributed by atoms with Gasteiger partial charge in [-0.25, -0.2) is 21.9 Å². The molecule has 1 saturated heterocycles. The highest BCUT2D eigenvalue weighted by Gasteiger charge is 2.45. The van der Waals surface area contributed by atoms with Crippen molar-refractivity contribution in [3.63, 3.8) is 0 Å². The van der Waals surface area contributed by atoms with Crippen LogP contribution in [0.2, 0.25) is 5.02 Å². The SMILES string of the molecule is CC(C)(c1ccc(CN2CCC(NS(C)(=O)=O)C(F)(F)C2)cc1)c1cc(Cl)c(OCCCl)c(C#N)c1. The van der Waals surface area contributed by atoms with E-state index >= 15 is 0 Å². The average molecular weight is 560 g/mol.